The summed E-state index contributed by atoms with van der Waals surface area (Å²) in [7, 11) is 0. The summed E-state index contributed by atoms with van der Waals surface area (Å²) in [6.45, 7) is 4.59. The van der Waals surface area contributed by atoms with Gasteiger partial charge in [0.15, 0.2) is 0 Å². The van der Waals surface area contributed by atoms with Crippen LogP contribution in [0.5, 0.6) is 5.75 Å². The normalized spacial score (nSPS) is 12.7. The van der Waals surface area contributed by atoms with Crippen LogP contribution in [0.15, 0.2) is 103 Å². The van der Waals surface area contributed by atoms with E-state index in [2.05, 4.69) is 91.0 Å². The number of ether oxygens (including phenoxy) is 4. The zero-order valence-corrected chi connectivity index (χ0v) is 24.2. The van der Waals surface area contributed by atoms with Crippen molar-refractivity contribution in [2.45, 2.75) is 13.2 Å². The van der Waals surface area contributed by atoms with Gasteiger partial charge in [0, 0.05) is 12.0 Å². The van der Waals surface area contributed by atoms with Crippen molar-refractivity contribution in [3.63, 3.8) is 0 Å². The summed E-state index contributed by atoms with van der Waals surface area (Å²) in [6, 6.07) is 36.9. The first-order valence-electron chi connectivity index (χ1n) is 14.9. The number of hydrogen-bond acceptors (Lipinski definition) is 5. The van der Waals surface area contributed by atoms with Crippen molar-refractivity contribution in [2.24, 2.45) is 0 Å². The van der Waals surface area contributed by atoms with Crippen molar-refractivity contribution in [1.82, 2.24) is 0 Å². The van der Waals surface area contributed by atoms with E-state index in [1.807, 2.05) is 19.1 Å². The van der Waals surface area contributed by atoms with E-state index in [1.54, 1.807) is 0 Å². The van der Waals surface area contributed by atoms with Crippen LogP contribution in [0, 0.1) is 0 Å². The first-order valence-corrected chi connectivity index (χ1v) is 14.9. The third-order valence-corrected chi connectivity index (χ3v) is 8.04. The highest BCUT2D eigenvalue weighted by atomic mass is 16.6. The van der Waals surface area contributed by atoms with Gasteiger partial charge in [0.05, 0.1) is 26.4 Å². The van der Waals surface area contributed by atoms with E-state index in [1.165, 1.54) is 43.1 Å². The van der Waals surface area contributed by atoms with Crippen LogP contribution in [-0.2, 0) is 14.2 Å². The van der Waals surface area contributed by atoms with Gasteiger partial charge in [-0.1, -0.05) is 48.5 Å². The molecule has 7 aromatic rings. The van der Waals surface area contributed by atoms with E-state index in [0.29, 0.717) is 38.8 Å². The summed E-state index contributed by atoms with van der Waals surface area (Å²) in [5.74, 6) is 0.624. The van der Waals surface area contributed by atoms with Crippen molar-refractivity contribution in [3.05, 3.63) is 103 Å². The molecule has 0 aliphatic carbocycles. The Morgan fingerprint density at radius 2 is 0.977 bits per heavy atom. The largest absolute Gasteiger partial charge is 0.462 e. The molecule has 0 saturated carbocycles. The Balaban J connectivity index is 1.18. The van der Waals surface area contributed by atoms with Crippen molar-refractivity contribution in [1.29, 1.82) is 0 Å². The number of fused-ring (bicyclic) bond motifs is 7. The molecule has 43 heavy (non-hydrogen) atoms. The van der Waals surface area contributed by atoms with Crippen molar-refractivity contribution in [3.8, 4) is 5.75 Å². The van der Waals surface area contributed by atoms with Crippen LogP contribution in [-0.4, -0.2) is 51.0 Å². The zero-order chi connectivity index (χ0) is 29.2. The average Bonchev–Trinajstić information content (AvgIpc) is 3.02. The molecule has 0 fully saturated rings. The molecule has 5 heteroatoms. The summed E-state index contributed by atoms with van der Waals surface area (Å²) < 4.78 is 22.2. The maximum atomic E-state index is 10.6. The number of aliphatic hydroxyl groups excluding tert-OH is 1. The Kier molecular flexibility index (Phi) is 7.79. The Morgan fingerprint density at radius 1 is 0.488 bits per heavy atom. The fourth-order valence-electron chi connectivity index (χ4n) is 5.95. The molecule has 0 heterocycles. The molecule has 0 aromatic heterocycles. The molecule has 0 spiro atoms. The molecule has 5 nitrogen and oxygen atoms in total. The maximum Gasteiger partial charge on any atom is 0.221 e. The molecule has 0 aliphatic rings. The lowest BCUT2D eigenvalue weighted by Crippen LogP contribution is -2.23. The molecular formula is C38H34O5. The molecule has 0 aliphatic heterocycles. The highest BCUT2D eigenvalue weighted by Gasteiger charge is 2.12. The topological polar surface area (TPSA) is 57.2 Å². The van der Waals surface area contributed by atoms with Crippen LogP contribution in [0.1, 0.15) is 6.92 Å². The Hall–Kier alpha value is -4.26. The fourth-order valence-corrected chi connectivity index (χ4v) is 5.95. The van der Waals surface area contributed by atoms with Crippen molar-refractivity contribution in [2.75, 3.05) is 39.6 Å². The van der Waals surface area contributed by atoms with E-state index in [0.717, 1.165) is 21.5 Å². The average molecular weight is 571 g/mol. The van der Waals surface area contributed by atoms with Gasteiger partial charge in [-0.15, -0.1) is 0 Å². The van der Waals surface area contributed by atoms with Crippen LogP contribution >= 0.6 is 0 Å². The molecule has 7 aromatic carbocycles. The molecule has 0 bridgehead atoms. The Bertz CT molecular complexity index is 2080. The first kappa shape index (κ1) is 27.6. The van der Waals surface area contributed by atoms with E-state index >= 15 is 0 Å². The minimum absolute atomic E-state index is 0.0542. The highest BCUT2D eigenvalue weighted by Crippen LogP contribution is 2.36. The smallest absolute Gasteiger partial charge is 0.221 e. The number of hydrogen-bond donors (Lipinski definition) is 1. The van der Waals surface area contributed by atoms with E-state index in [4.69, 9.17) is 18.9 Å². The van der Waals surface area contributed by atoms with Crippen molar-refractivity contribution < 1.29 is 24.1 Å². The molecule has 1 N–H and O–H groups in total. The van der Waals surface area contributed by atoms with Gasteiger partial charge >= 0.3 is 0 Å². The summed E-state index contributed by atoms with van der Waals surface area (Å²) in [5.41, 5.74) is 0. The van der Waals surface area contributed by atoms with Gasteiger partial charge in [0.1, 0.15) is 12.4 Å². The highest BCUT2D eigenvalue weighted by molar-refractivity contribution is 6.17. The molecule has 0 radical (unpaired) electrons. The first-order chi connectivity index (χ1) is 21.2. The van der Waals surface area contributed by atoms with Crippen LogP contribution in [0.25, 0.3) is 64.6 Å². The van der Waals surface area contributed by atoms with Crippen LogP contribution in [0.4, 0.5) is 0 Å². The zero-order valence-electron chi connectivity index (χ0n) is 24.2. The summed E-state index contributed by atoms with van der Waals surface area (Å²) in [5, 5.41) is 24.7. The summed E-state index contributed by atoms with van der Waals surface area (Å²) in [6.07, 6.45) is -1.09. The molecule has 0 amide bonds. The fraction of sp³-hybridized carbons (Fsp3) is 0.211. The van der Waals surface area contributed by atoms with Crippen LogP contribution < -0.4 is 4.74 Å². The Morgan fingerprint density at radius 3 is 1.63 bits per heavy atom. The third kappa shape index (κ3) is 5.73. The second-order valence-electron chi connectivity index (χ2n) is 10.9. The predicted molar refractivity (Wildman–Crippen MR) is 176 cm³/mol. The molecule has 1 atom stereocenters. The third-order valence-electron chi connectivity index (χ3n) is 8.04. The second-order valence-corrected chi connectivity index (χ2v) is 10.9. The van der Waals surface area contributed by atoms with Gasteiger partial charge in [-0.3, -0.25) is 0 Å². The van der Waals surface area contributed by atoms with Gasteiger partial charge in [-0.2, -0.15) is 0 Å². The summed E-state index contributed by atoms with van der Waals surface area (Å²) >= 11 is 0. The van der Waals surface area contributed by atoms with Crippen molar-refractivity contribution >= 4 is 64.6 Å². The monoisotopic (exact) mass is 570 g/mol. The van der Waals surface area contributed by atoms with Gasteiger partial charge < -0.3 is 24.1 Å². The second kappa shape index (κ2) is 12.2. The molecule has 1 unspecified atom stereocenters. The minimum Gasteiger partial charge on any atom is -0.462 e. The van der Waals surface area contributed by atoms with Crippen LogP contribution in [0.3, 0.4) is 0 Å². The Labute approximate surface area is 250 Å². The van der Waals surface area contributed by atoms with Crippen LogP contribution in [0.2, 0.25) is 0 Å². The quantitative estimate of drug-likeness (QED) is 0.0733. The lowest BCUT2D eigenvalue weighted by molar-refractivity contribution is -0.0849. The molecule has 0 saturated heterocycles. The number of aliphatic hydroxyl groups is 1. The standard InChI is InChI=1S/C38H34O5/c1-2-40-12-13-41-14-15-42-24-38(39)43-37-9-5-8-27-18-31-20-29-11-10-28-19-30-16-25-6-3-4-7-26(25)17-32(30)21-34(28)35(29)22-33(31)23-36(27)37/h3-11,16-23,38-39H,2,12-15,24H2,1H3. The SMILES string of the molecule is CCOCCOCCOCC(O)Oc1cccc2cc3cc4ccc5cc6cc7ccccc7cc6cc5c4cc3cc12. The molecular weight excluding hydrogens is 536 g/mol. The molecule has 216 valence electrons. The van der Waals surface area contributed by atoms with Gasteiger partial charge in [0.2, 0.25) is 6.29 Å². The van der Waals surface area contributed by atoms with Gasteiger partial charge in [-0.25, -0.2) is 0 Å². The molecule has 7 rings (SSSR count). The minimum atomic E-state index is -1.09. The lowest BCUT2D eigenvalue weighted by atomic mass is 9.94. The van der Waals surface area contributed by atoms with Gasteiger partial charge in [0.25, 0.3) is 0 Å². The van der Waals surface area contributed by atoms with E-state index in [9.17, 15) is 5.11 Å². The predicted octanol–water partition coefficient (Wildman–Crippen LogP) is 8.37. The van der Waals surface area contributed by atoms with Gasteiger partial charge in [-0.05, 0) is 121 Å². The summed E-state index contributed by atoms with van der Waals surface area (Å²) in [4.78, 5) is 0. The van der Waals surface area contributed by atoms with E-state index < -0.39 is 6.29 Å². The maximum absolute atomic E-state index is 10.6. The van der Waals surface area contributed by atoms with E-state index in [-0.39, 0.29) is 6.61 Å². The number of benzene rings is 7. The lowest BCUT2D eigenvalue weighted by Gasteiger charge is -2.16. The number of rotatable bonds is 11.